The number of fused-ring (bicyclic) bond motifs is 7. The van der Waals surface area contributed by atoms with Crippen molar-refractivity contribution in [2.75, 3.05) is 13.2 Å². The van der Waals surface area contributed by atoms with Crippen LogP contribution in [-0.2, 0) is 14.3 Å². The standard InChI is InChI=1S/C37H61NO5/c1-23-13-18-37(30(40)42-22-21-38-31(41)43-32(3,4)5)20-19-35(9)25(29(37)24(23)2)11-12-27-34(8)16-15-28(39)33(6,7)26(34)14-17-36(27,35)10/h11,23-24,26-29,39H,12-22H2,1-10H3,(H,38,41)/t23-,24+,26?,27?,28+,29?,34+,35-,36-,37+/m1/s1. The van der Waals surface area contributed by atoms with Crippen LogP contribution in [-0.4, -0.2) is 42.0 Å². The lowest BCUT2D eigenvalue weighted by Crippen LogP contribution is -2.65. The molecule has 3 unspecified atom stereocenters. The lowest BCUT2D eigenvalue weighted by Gasteiger charge is -2.71. The number of amides is 1. The number of alkyl carbamates (subject to hydrolysis) is 1. The monoisotopic (exact) mass is 599 g/mol. The molecule has 0 heterocycles. The number of rotatable bonds is 4. The van der Waals surface area contributed by atoms with Crippen molar-refractivity contribution in [3.8, 4) is 0 Å². The van der Waals surface area contributed by atoms with Gasteiger partial charge in [-0.15, -0.1) is 0 Å². The third-order valence-corrected chi connectivity index (χ3v) is 14.4. The van der Waals surface area contributed by atoms with Gasteiger partial charge in [0, 0.05) is 0 Å². The fourth-order valence-corrected chi connectivity index (χ4v) is 11.6. The Morgan fingerprint density at radius 3 is 2.33 bits per heavy atom. The molecule has 10 atom stereocenters. The summed E-state index contributed by atoms with van der Waals surface area (Å²) in [5, 5.41) is 13.8. The Bertz CT molecular complexity index is 1140. The Kier molecular flexibility index (Phi) is 8.22. The molecule has 0 aromatic heterocycles. The number of esters is 1. The van der Waals surface area contributed by atoms with Crippen LogP contribution in [0.4, 0.5) is 4.79 Å². The highest BCUT2D eigenvalue weighted by molar-refractivity contribution is 5.79. The molecule has 4 fully saturated rings. The van der Waals surface area contributed by atoms with Crippen LogP contribution < -0.4 is 5.32 Å². The molecule has 5 rings (SSSR count). The summed E-state index contributed by atoms with van der Waals surface area (Å²) < 4.78 is 11.4. The van der Waals surface area contributed by atoms with E-state index in [9.17, 15) is 14.7 Å². The van der Waals surface area contributed by atoms with Crippen molar-refractivity contribution in [2.45, 2.75) is 139 Å². The normalized spacial score (nSPS) is 45.3. The molecule has 0 radical (unpaired) electrons. The van der Waals surface area contributed by atoms with Crippen molar-refractivity contribution < 1.29 is 24.2 Å². The number of hydrogen-bond acceptors (Lipinski definition) is 5. The number of carbonyl (C=O) groups excluding carboxylic acids is 2. The zero-order chi connectivity index (χ0) is 31.8. The molecular weight excluding hydrogens is 538 g/mol. The van der Waals surface area contributed by atoms with Crippen LogP contribution >= 0.6 is 0 Å². The molecule has 0 saturated heterocycles. The van der Waals surface area contributed by atoms with Gasteiger partial charge < -0.3 is 19.9 Å². The number of hydrogen-bond donors (Lipinski definition) is 2. The topological polar surface area (TPSA) is 84.9 Å². The lowest BCUT2D eigenvalue weighted by molar-refractivity contribution is -0.207. The molecule has 0 aliphatic heterocycles. The highest BCUT2D eigenvalue weighted by Crippen LogP contribution is 2.75. The van der Waals surface area contributed by atoms with Crippen molar-refractivity contribution >= 4 is 12.1 Å². The SMILES string of the molecule is C[C@@H]1CC[C@]2(C(=O)OCCNC(=O)OC(C)(C)C)CC[C@]3(C)C(=CCC4[C@@]5(C)CC[C@H](O)C(C)(C)C5CC[C@]43C)C2[C@H]1C. The van der Waals surface area contributed by atoms with E-state index in [0.717, 1.165) is 44.9 Å². The summed E-state index contributed by atoms with van der Waals surface area (Å²) in [6.07, 6.45) is 11.1. The van der Waals surface area contributed by atoms with E-state index in [1.165, 1.54) is 18.4 Å². The van der Waals surface area contributed by atoms with Gasteiger partial charge >= 0.3 is 12.1 Å². The number of aliphatic hydroxyl groups is 1. The molecule has 0 aromatic carbocycles. The van der Waals surface area contributed by atoms with E-state index in [0.29, 0.717) is 23.7 Å². The summed E-state index contributed by atoms with van der Waals surface area (Å²) in [6, 6.07) is 0. The van der Waals surface area contributed by atoms with E-state index >= 15 is 0 Å². The molecule has 2 N–H and O–H groups in total. The minimum absolute atomic E-state index is 0.0438. The first-order valence-electron chi connectivity index (χ1n) is 17.4. The molecule has 244 valence electrons. The van der Waals surface area contributed by atoms with Crippen LogP contribution in [0.25, 0.3) is 0 Å². The second kappa shape index (κ2) is 10.8. The van der Waals surface area contributed by atoms with Crippen molar-refractivity contribution in [2.24, 2.45) is 56.7 Å². The predicted octanol–water partition coefficient (Wildman–Crippen LogP) is 8.07. The van der Waals surface area contributed by atoms with Crippen molar-refractivity contribution in [1.29, 1.82) is 0 Å². The second-order valence-electron chi connectivity index (χ2n) is 17.7. The molecule has 0 aromatic rings. The van der Waals surface area contributed by atoms with E-state index in [2.05, 4.69) is 59.9 Å². The molecule has 6 heteroatoms. The Labute approximate surface area is 261 Å². The summed E-state index contributed by atoms with van der Waals surface area (Å²) >= 11 is 0. The van der Waals surface area contributed by atoms with Gasteiger partial charge in [0.25, 0.3) is 0 Å². The third kappa shape index (κ3) is 4.99. The van der Waals surface area contributed by atoms with Crippen molar-refractivity contribution in [3.63, 3.8) is 0 Å². The average molecular weight is 600 g/mol. The van der Waals surface area contributed by atoms with Gasteiger partial charge in [0.15, 0.2) is 0 Å². The Morgan fingerprint density at radius 1 is 0.953 bits per heavy atom. The van der Waals surface area contributed by atoms with Crippen LogP contribution in [0.15, 0.2) is 11.6 Å². The fourth-order valence-electron chi connectivity index (χ4n) is 11.6. The number of allylic oxidation sites excluding steroid dienone is 2. The van der Waals surface area contributed by atoms with Gasteiger partial charge in [0.2, 0.25) is 0 Å². The molecule has 1 amide bonds. The van der Waals surface area contributed by atoms with Gasteiger partial charge in [-0.1, -0.05) is 60.1 Å². The molecule has 4 saturated carbocycles. The zero-order valence-corrected chi connectivity index (χ0v) is 28.9. The number of ether oxygens (including phenoxy) is 2. The van der Waals surface area contributed by atoms with E-state index < -0.39 is 17.1 Å². The lowest BCUT2D eigenvalue weighted by atomic mass is 9.33. The quantitative estimate of drug-likeness (QED) is 0.194. The largest absolute Gasteiger partial charge is 0.463 e. The van der Waals surface area contributed by atoms with E-state index in [-0.39, 0.29) is 52.8 Å². The second-order valence-corrected chi connectivity index (χ2v) is 17.7. The van der Waals surface area contributed by atoms with Crippen LogP contribution in [0.2, 0.25) is 0 Å². The molecule has 5 aliphatic carbocycles. The van der Waals surface area contributed by atoms with E-state index in [1.807, 2.05) is 20.8 Å². The molecule has 5 aliphatic rings. The highest BCUT2D eigenvalue weighted by Gasteiger charge is 2.69. The van der Waals surface area contributed by atoms with E-state index in [1.54, 1.807) is 0 Å². The van der Waals surface area contributed by atoms with Crippen molar-refractivity contribution in [3.05, 3.63) is 11.6 Å². The van der Waals surface area contributed by atoms with Crippen molar-refractivity contribution in [1.82, 2.24) is 5.32 Å². The maximum atomic E-state index is 14.1. The molecular formula is C37H61NO5. The van der Waals surface area contributed by atoms with Gasteiger partial charge in [-0.2, -0.15) is 0 Å². The van der Waals surface area contributed by atoms with Gasteiger partial charge in [-0.3, -0.25) is 4.79 Å². The Balaban J connectivity index is 1.41. The third-order valence-electron chi connectivity index (χ3n) is 14.4. The summed E-state index contributed by atoms with van der Waals surface area (Å²) in [7, 11) is 0. The van der Waals surface area contributed by atoms with E-state index in [4.69, 9.17) is 9.47 Å². The maximum absolute atomic E-state index is 14.1. The average Bonchev–Trinajstić information content (AvgIpc) is 2.90. The Morgan fingerprint density at radius 2 is 1.65 bits per heavy atom. The predicted molar refractivity (Wildman–Crippen MR) is 170 cm³/mol. The van der Waals surface area contributed by atoms with Gasteiger partial charge in [0.1, 0.15) is 12.2 Å². The highest BCUT2D eigenvalue weighted by atomic mass is 16.6. The first-order chi connectivity index (χ1) is 19.8. The summed E-state index contributed by atoms with van der Waals surface area (Å²) in [5.41, 5.74) is 0.834. The zero-order valence-electron chi connectivity index (χ0n) is 28.9. The van der Waals surface area contributed by atoms with Crippen LogP contribution in [0.1, 0.15) is 127 Å². The first kappa shape index (κ1) is 32.8. The molecule has 43 heavy (non-hydrogen) atoms. The first-order valence-corrected chi connectivity index (χ1v) is 17.4. The van der Waals surface area contributed by atoms with Crippen LogP contribution in [0.3, 0.4) is 0 Å². The molecule has 0 spiro atoms. The Hall–Kier alpha value is -1.56. The van der Waals surface area contributed by atoms with Gasteiger partial charge in [-0.05, 0) is 130 Å². The summed E-state index contributed by atoms with van der Waals surface area (Å²) in [5.74, 6) is 2.19. The molecule has 6 nitrogen and oxygen atoms in total. The number of carbonyl (C=O) groups is 2. The van der Waals surface area contributed by atoms with Crippen LogP contribution in [0.5, 0.6) is 0 Å². The summed E-state index contributed by atoms with van der Waals surface area (Å²) in [6.45, 7) is 23.0. The number of aliphatic hydroxyl groups excluding tert-OH is 1. The molecule has 0 bridgehead atoms. The minimum Gasteiger partial charge on any atom is -0.463 e. The fraction of sp³-hybridized carbons (Fsp3) is 0.892. The minimum atomic E-state index is -0.564. The number of nitrogens with one attached hydrogen (secondary N) is 1. The van der Waals surface area contributed by atoms with Gasteiger partial charge in [-0.25, -0.2) is 4.79 Å². The summed E-state index contributed by atoms with van der Waals surface area (Å²) in [4.78, 5) is 26.3. The van der Waals surface area contributed by atoms with Gasteiger partial charge in [0.05, 0.1) is 18.1 Å². The maximum Gasteiger partial charge on any atom is 0.407 e. The van der Waals surface area contributed by atoms with Crippen LogP contribution in [0, 0.1) is 56.7 Å². The smallest absolute Gasteiger partial charge is 0.407 e.